The number of urea groups is 1. The molecule has 1 saturated heterocycles. The zero-order valence-electron chi connectivity index (χ0n) is 18.7. The third-order valence-electron chi connectivity index (χ3n) is 6.06. The van der Waals surface area contributed by atoms with E-state index in [2.05, 4.69) is 36.1 Å². The van der Waals surface area contributed by atoms with Crippen LogP contribution in [0.5, 0.6) is 0 Å². The van der Waals surface area contributed by atoms with E-state index in [1.54, 1.807) is 6.07 Å². The van der Waals surface area contributed by atoms with Crippen molar-refractivity contribution >= 4 is 46.1 Å². The van der Waals surface area contributed by atoms with Crippen molar-refractivity contribution in [2.75, 3.05) is 23.3 Å². The summed E-state index contributed by atoms with van der Waals surface area (Å²) in [6.07, 6.45) is 0.286. The first kappa shape index (κ1) is 22.2. The summed E-state index contributed by atoms with van der Waals surface area (Å²) < 4.78 is 0. The largest absolute Gasteiger partial charge is 0.384 e. The molecular weight excluding hydrogens is 450 g/mol. The number of para-hydroxylation sites is 2. The Labute approximate surface area is 200 Å². The SMILES string of the molecule is N=C(N)c1ccc2c(c1)N(CCNC(=O)CC1NC(=O)NC1=O)C(Cc1nc3ccccc3[nH]1)N2. The maximum atomic E-state index is 12.3. The number of aromatic amines is 1. The topological polar surface area (TPSA) is 181 Å². The number of aromatic nitrogens is 2. The molecule has 12 heteroatoms. The van der Waals surface area contributed by atoms with E-state index in [4.69, 9.17) is 11.1 Å². The van der Waals surface area contributed by atoms with Crippen LogP contribution in [0.3, 0.4) is 0 Å². The van der Waals surface area contributed by atoms with E-state index in [9.17, 15) is 14.4 Å². The third kappa shape index (κ3) is 4.58. The number of imidazole rings is 1. The fraction of sp³-hybridized carbons (Fsp3) is 0.261. The minimum Gasteiger partial charge on any atom is -0.384 e. The molecule has 0 radical (unpaired) electrons. The molecule has 3 heterocycles. The van der Waals surface area contributed by atoms with Gasteiger partial charge in [0.2, 0.25) is 5.91 Å². The van der Waals surface area contributed by atoms with Crippen molar-refractivity contribution in [3.63, 3.8) is 0 Å². The predicted molar refractivity (Wildman–Crippen MR) is 130 cm³/mol. The molecule has 5 rings (SSSR count). The van der Waals surface area contributed by atoms with Crippen molar-refractivity contribution in [3.05, 3.63) is 53.9 Å². The summed E-state index contributed by atoms with van der Waals surface area (Å²) in [7, 11) is 0. The normalized spacial score (nSPS) is 18.7. The molecular formula is C23H25N9O3. The number of imide groups is 1. The molecule has 1 aromatic heterocycles. The fourth-order valence-electron chi connectivity index (χ4n) is 4.38. The monoisotopic (exact) mass is 475 g/mol. The highest BCUT2D eigenvalue weighted by Crippen LogP contribution is 2.36. The molecule has 8 N–H and O–H groups in total. The number of amidine groups is 1. The number of fused-ring (bicyclic) bond motifs is 2. The smallest absolute Gasteiger partial charge is 0.322 e. The lowest BCUT2D eigenvalue weighted by molar-refractivity contribution is -0.126. The molecule has 35 heavy (non-hydrogen) atoms. The summed E-state index contributed by atoms with van der Waals surface area (Å²) in [4.78, 5) is 45.4. The second-order valence-electron chi connectivity index (χ2n) is 8.47. The number of carbonyl (C=O) groups excluding carboxylic acids is 3. The molecule has 180 valence electrons. The zero-order valence-corrected chi connectivity index (χ0v) is 18.7. The molecule has 0 saturated carbocycles. The van der Waals surface area contributed by atoms with Crippen molar-refractivity contribution in [1.82, 2.24) is 25.9 Å². The molecule has 2 atom stereocenters. The van der Waals surface area contributed by atoms with Gasteiger partial charge in [0, 0.05) is 25.1 Å². The van der Waals surface area contributed by atoms with Crippen molar-refractivity contribution in [3.8, 4) is 0 Å². The number of hydrogen-bond donors (Lipinski definition) is 7. The molecule has 0 bridgehead atoms. The minimum absolute atomic E-state index is 0.0290. The molecule has 12 nitrogen and oxygen atoms in total. The van der Waals surface area contributed by atoms with Crippen molar-refractivity contribution in [1.29, 1.82) is 5.41 Å². The van der Waals surface area contributed by atoms with E-state index in [1.807, 2.05) is 36.4 Å². The van der Waals surface area contributed by atoms with E-state index in [0.29, 0.717) is 25.1 Å². The van der Waals surface area contributed by atoms with Gasteiger partial charge in [0.25, 0.3) is 5.91 Å². The van der Waals surface area contributed by atoms with Crippen LogP contribution in [-0.4, -0.2) is 58.9 Å². The van der Waals surface area contributed by atoms with Gasteiger partial charge in [0.15, 0.2) is 0 Å². The van der Waals surface area contributed by atoms with Gasteiger partial charge in [-0.15, -0.1) is 0 Å². The number of nitrogens with two attached hydrogens (primary N) is 1. The third-order valence-corrected chi connectivity index (χ3v) is 6.06. The quantitative estimate of drug-likeness (QED) is 0.139. The Morgan fingerprint density at radius 1 is 1.17 bits per heavy atom. The van der Waals surface area contributed by atoms with Gasteiger partial charge in [0.1, 0.15) is 23.9 Å². The second kappa shape index (κ2) is 8.97. The second-order valence-corrected chi connectivity index (χ2v) is 8.47. The molecule has 2 aromatic carbocycles. The molecule has 3 aromatic rings. The number of rotatable bonds is 8. The minimum atomic E-state index is -0.865. The van der Waals surface area contributed by atoms with Crippen molar-refractivity contribution < 1.29 is 14.4 Å². The summed E-state index contributed by atoms with van der Waals surface area (Å²) in [5, 5.41) is 18.6. The Kier molecular flexibility index (Phi) is 5.69. The maximum Gasteiger partial charge on any atom is 0.322 e. The van der Waals surface area contributed by atoms with Gasteiger partial charge in [-0.1, -0.05) is 12.1 Å². The van der Waals surface area contributed by atoms with Gasteiger partial charge in [-0.2, -0.15) is 0 Å². The average Bonchev–Trinajstić information content (AvgIpc) is 3.48. The van der Waals surface area contributed by atoms with Gasteiger partial charge >= 0.3 is 6.03 Å². The molecule has 0 aliphatic carbocycles. The van der Waals surface area contributed by atoms with Crippen LogP contribution < -0.4 is 31.9 Å². The van der Waals surface area contributed by atoms with Crippen LogP contribution in [0, 0.1) is 5.41 Å². The number of carbonyl (C=O) groups is 3. The predicted octanol–water partition coefficient (Wildman–Crippen LogP) is 0.362. The number of benzene rings is 2. The zero-order chi connectivity index (χ0) is 24.5. The van der Waals surface area contributed by atoms with Crippen LogP contribution in [0.2, 0.25) is 0 Å². The van der Waals surface area contributed by atoms with Gasteiger partial charge in [-0.25, -0.2) is 9.78 Å². The number of hydrogen-bond acceptors (Lipinski definition) is 7. The van der Waals surface area contributed by atoms with Gasteiger partial charge in [0.05, 0.1) is 28.8 Å². The number of amides is 4. The lowest BCUT2D eigenvalue weighted by Crippen LogP contribution is -2.43. The first-order chi connectivity index (χ1) is 16.9. The molecule has 4 amide bonds. The summed E-state index contributed by atoms with van der Waals surface area (Å²) in [6, 6.07) is 11.9. The summed E-state index contributed by atoms with van der Waals surface area (Å²) in [6.45, 7) is 0.768. The Hall–Kier alpha value is -4.61. The van der Waals surface area contributed by atoms with Crippen molar-refractivity contribution in [2.24, 2.45) is 5.73 Å². The molecule has 0 spiro atoms. The first-order valence-electron chi connectivity index (χ1n) is 11.2. The fourth-order valence-corrected chi connectivity index (χ4v) is 4.38. The van der Waals surface area contributed by atoms with Gasteiger partial charge in [-0.05, 0) is 30.3 Å². The number of nitrogens with zero attached hydrogens (tertiary/aromatic N) is 2. The maximum absolute atomic E-state index is 12.3. The van der Waals surface area contributed by atoms with Crippen LogP contribution in [0.4, 0.5) is 16.2 Å². The summed E-state index contributed by atoms with van der Waals surface area (Å²) in [5.41, 5.74) is 9.92. The van der Waals surface area contributed by atoms with E-state index < -0.39 is 18.0 Å². The van der Waals surface area contributed by atoms with E-state index in [1.165, 1.54) is 0 Å². The molecule has 2 aliphatic heterocycles. The highest BCUT2D eigenvalue weighted by atomic mass is 16.2. The molecule has 2 unspecified atom stereocenters. The van der Waals surface area contributed by atoms with Crippen LogP contribution in [-0.2, 0) is 16.0 Å². The van der Waals surface area contributed by atoms with Crippen LogP contribution in [0.1, 0.15) is 17.8 Å². The van der Waals surface area contributed by atoms with Gasteiger partial charge < -0.3 is 31.6 Å². The summed E-state index contributed by atoms with van der Waals surface area (Å²) >= 11 is 0. The standard InChI is InChI=1S/C23H25N9O3/c24-21(25)12-5-6-15-17(9-12)32(8-7-26-20(33)10-16-22(34)31-23(35)30-16)19(29-15)11-18-27-13-3-1-2-4-14(13)28-18/h1-6,9,16,19,29H,7-8,10-11H2,(H3,24,25)(H,26,33)(H,27,28)(H2,30,31,34,35). The Morgan fingerprint density at radius 3 is 2.74 bits per heavy atom. The highest BCUT2D eigenvalue weighted by Gasteiger charge is 2.32. The van der Waals surface area contributed by atoms with E-state index in [-0.39, 0.29) is 24.3 Å². The lowest BCUT2D eigenvalue weighted by Gasteiger charge is -2.27. The average molecular weight is 476 g/mol. The number of nitrogen functional groups attached to an aromatic ring is 1. The van der Waals surface area contributed by atoms with E-state index in [0.717, 1.165) is 28.2 Å². The Bertz CT molecular complexity index is 1300. The van der Waals surface area contributed by atoms with Gasteiger partial charge in [-0.3, -0.25) is 20.3 Å². The lowest BCUT2D eigenvalue weighted by atomic mass is 10.1. The number of H-pyrrole nitrogens is 1. The first-order valence-corrected chi connectivity index (χ1v) is 11.2. The molecule has 1 fully saturated rings. The van der Waals surface area contributed by atoms with Crippen LogP contribution >= 0.6 is 0 Å². The van der Waals surface area contributed by atoms with Crippen LogP contribution in [0.25, 0.3) is 11.0 Å². The summed E-state index contributed by atoms with van der Waals surface area (Å²) in [5.74, 6) is -0.0597. The number of anilines is 2. The van der Waals surface area contributed by atoms with Crippen LogP contribution in [0.15, 0.2) is 42.5 Å². The van der Waals surface area contributed by atoms with Crippen molar-refractivity contribution in [2.45, 2.75) is 25.0 Å². The number of nitrogens with one attached hydrogen (secondary N) is 6. The Morgan fingerprint density at radius 2 is 2.00 bits per heavy atom. The van der Waals surface area contributed by atoms with E-state index >= 15 is 0 Å². The Balaban J connectivity index is 1.29. The molecule has 2 aliphatic rings. The highest BCUT2D eigenvalue weighted by molar-refractivity contribution is 6.05.